The van der Waals surface area contributed by atoms with Crippen molar-refractivity contribution in [3.05, 3.63) is 47.9 Å². The van der Waals surface area contributed by atoms with E-state index in [9.17, 15) is 0 Å². The number of thiophene rings is 1. The summed E-state index contributed by atoms with van der Waals surface area (Å²) in [6.45, 7) is 2.09. The lowest BCUT2D eigenvalue weighted by molar-refractivity contribution is 0.453. The van der Waals surface area contributed by atoms with Gasteiger partial charge < -0.3 is 10.3 Å². The predicted molar refractivity (Wildman–Crippen MR) is 115 cm³/mol. The molecule has 1 aliphatic heterocycles. The molecule has 0 unspecified atom stereocenters. The highest BCUT2D eigenvalue weighted by atomic mass is 32.1. The first kappa shape index (κ1) is 16.8. The van der Waals surface area contributed by atoms with Gasteiger partial charge in [0.25, 0.3) is 0 Å². The summed E-state index contributed by atoms with van der Waals surface area (Å²) in [5, 5.41) is 14.2. The largest absolute Gasteiger partial charge is 0.335 e. The second-order valence-corrected chi connectivity index (χ2v) is 8.34. The van der Waals surface area contributed by atoms with Gasteiger partial charge in [-0.1, -0.05) is 6.07 Å². The Balaban J connectivity index is 1.48. The number of nitrogens with one attached hydrogen (secondary N) is 3. The minimum atomic E-state index is 0.494. The Morgan fingerprint density at radius 1 is 1.07 bits per heavy atom. The first-order valence-electron chi connectivity index (χ1n) is 9.79. The summed E-state index contributed by atoms with van der Waals surface area (Å²) in [6.07, 6.45) is 7.82. The van der Waals surface area contributed by atoms with Crippen molar-refractivity contribution in [2.45, 2.75) is 18.8 Å². The molecular formula is C21H19N7S. The standard InChI is InChI=1S/C21H19N7S/c1-2-18(29-7-1)14-9-23-10-17-19(14)26-21(25-17)20-13-8-15(12-3-5-22-6-4-12)24-11-16(13)27-28-20/h1-2,7-12,22H,3-6H2,(H,25,26)(H,27,28). The second kappa shape index (κ2) is 6.75. The third-order valence-electron chi connectivity index (χ3n) is 5.63. The molecule has 3 N–H and O–H groups in total. The van der Waals surface area contributed by atoms with Crippen LogP contribution in [0.25, 0.3) is 43.9 Å². The average molecular weight is 401 g/mol. The van der Waals surface area contributed by atoms with Gasteiger partial charge >= 0.3 is 0 Å². The lowest BCUT2D eigenvalue weighted by atomic mass is 9.93. The number of aromatic nitrogens is 6. The van der Waals surface area contributed by atoms with Gasteiger partial charge in [-0.25, -0.2) is 4.98 Å². The van der Waals surface area contributed by atoms with Crippen LogP contribution in [-0.4, -0.2) is 43.2 Å². The van der Waals surface area contributed by atoms with Crippen molar-refractivity contribution in [3.63, 3.8) is 0 Å². The molecule has 0 aromatic carbocycles. The van der Waals surface area contributed by atoms with Gasteiger partial charge in [-0.05, 0) is 43.4 Å². The van der Waals surface area contributed by atoms with Crippen LogP contribution in [-0.2, 0) is 0 Å². The van der Waals surface area contributed by atoms with E-state index in [0.29, 0.717) is 5.92 Å². The second-order valence-electron chi connectivity index (χ2n) is 7.40. The number of nitrogens with zero attached hydrogens (tertiary/aromatic N) is 4. The Morgan fingerprint density at radius 2 is 2.00 bits per heavy atom. The first-order chi connectivity index (χ1) is 14.4. The summed E-state index contributed by atoms with van der Waals surface area (Å²) in [7, 11) is 0. The monoisotopic (exact) mass is 401 g/mol. The van der Waals surface area contributed by atoms with Crippen LogP contribution in [0.1, 0.15) is 24.5 Å². The minimum Gasteiger partial charge on any atom is -0.335 e. The molecule has 5 aromatic heterocycles. The molecular weight excluding hydrogens is 382 g/mol. The van der Waals surface area contributed by atoms with Crippen LogP contribution in [0.5, 0.6) is 0 Å². The molecule has 29 heavy (non-hydrogen) atoms. The molecule has 0 spiro atoms. The Morgan fingerprint density at radius 3 is 2.86 bits per heavy atom. The highest BCUT2D eigenvalue weighted by molar-refractivity contribution is 7.13. The third-order valence-corrected chi connectivity index (χ3v) is 6.53. The normalized spacial score (nSPS) is 15.4. The fourth-order valence-corrected chi connectivity index (χ4v) is 4.85. The van der Waals surface area contributed by atoms with Gasteiger partial charge in [0, 0.05) is 33.6 Å². The Bertz CT molecular complexity index is 1300. The number of hydrogen-bond acceptors (Lipinski definition) is 6. The summed E-state index contributed by atoms with van der Waals surface area (Å²) in [5.74, 6) is 1.24. The van der Waals surface area contributed by atoms with Crippen molar-refractivity contribution in [1.29, 1.82) is 0 Å². The summed E-state index contributed by atoms with van der Waals surface area (Å²) in [6, 6.07) is 6.31. The van der Waals surface area contributed by atoms with Crippen molar-refractivity contribution in [2.75, 3.05) is 13.1 Å². The molecule has 1 saturated heterocycles. The molecule has 0 aliphatic carbocycles. The molecule has 0 bridgehead atoms. The zero-order valence-corrected chi connectivity index (χ0v) is 16.5. The molecule has 6 rings (SSSR count). The molecule has 0 saturated carbocycles. The van der Waals surface area contributed by atoms with Crippen molar-refractivity contribution in [1.82, 2.24) is 35.5 Å². The molecule has 7 nitrogen and oxygen atoms in total. The lowest BCUT2D eigenvalue weighted by Gasteiger charge is -2.21. The molecule has 0 radical (unpaired) electrons. The van der Waals surface area contributed by atoms with E-state index in [4.69, 9.17) is 4.98 Å². The quantitative estimate of drug-likeness (QED) is 0.423. The maximum absolute atomic E-state index is 4.90. The van der Waals surface area contributed by atoms with E-state index in [2.05, 4.69) is 48.0 Å². The van der Waals surface area contributed by atoms with Crippen molar-refractivity contribution >= 4 is 33.3 Å². The van der Waals surface area contributed by atoms with Gasteiger partial charge in [0.15, 0.2) is 5.82 Å². The Labute approximate surface area is 170 Å². The maximum atomic E-state index is 4.90. The van der Waals surface area contributed by atoms with E-state index >= 15 is 0 Å². The van der Waals surface area contributed by atoms with Gasteiger partial charge in [0.05, 0.1) is 23.4 Å². The van der Waals surface area contributed by atoms with Crippen LogP contribution in [0, 0.1) is 0 Å². The summed E-state index contributed by atoms with van der Waals surface area (Å²) >= 11 is 1.69. The van der Waals surface area contributed by atoms with Crippen molar-refractivity contribution in [2.24, 2.45) is 0 Å². The number of hydrogen-bond donors (Lipinski definition) is 3. The highest BCUT2D eigenvalue weighted by Crippen LogP contribution is 2.33. The van der Waals surface area contributed by atoms with Crippen LogP contribution in [0.3, 0.4) is 0 Å². The lowest BCUT2D eigenvalue weighted by Crippen LogP contribution is -2.27. The maximum Gasteiger partial charge on any atom is 0.159 e. The number of H-pyrrole nitrogens is 2. The first-order valence-corrected chi connectivity index (χ1v) is 10.7. The van der Waals surface area contributed by atoms with Gasteiger partial charge in [0.2, 0.25) is 0 Å². The summed E-state index contributed by atoms with van der Waals surface area (Å²) in [4.78, 5) is 18.6. The van der Waals surface area contributed by atoms with E-state index < -0.39 is 0 Å². The molecule has 1 fully saturated rings. The predicted octanol–water partition coefficient (Wildman–Crippen LogP) is 4.09. The molecule has 8 heteroatoms. The molecule has 1 aliphatic rings. The molecule has 5 aromatic rings. The van der Waals surface area contributed by atoms with Crippen LogP contribution < -0.4 is 5.32 Å². The summed E-state index contributed by atoms with van der Waals surface area (Å²) < 4.78 is 0. The highest BCUT2D eigenvalue weighted by Gasteiger charge is 2.20. The van der Waals surface area contributed by atoms with E-state index in [-0.39, 0.29) is 0 Å². The Kier molecular flexibility index (Phi) is 3.92. The van der Waals surface area contributed by atoms with Gasteiger partial charge in [-0.2, -0.15) is 5.10 Å². The molecule has 0 atom stereocenters. The van der Waals surface area contributed by atoms with Crippen molar-refractivity contribution < 1.29 is 0 Å². The van der Waals surface area contributed by atoms with Crippen LogP contribution in [0.15, 0.2) is 42.2 Å². The van der Waals surface area contributed by atoms with Gasteiger partial charge in [-0.15, -0.1) is 11.3 Å². The fourth-order valence-electron chi connectivity index (χ4n) is 4.11. The smallest absolute Gasteiger partial charge is 0.159 e. The van der Waals surface area contributed by atoms with E-state index in [0.717, 1.165) is 75.5 Å². The van der Waals surface area contributed by atoms with Gasteiger partial charge in [0.1, 0.15) is 11.2 Å². The Hall–Kier alpha value is -3.10. The minimum absolute atomic E-state index is 0.494. The third kappa shape index (κ3) is 2.83. The number of fused-ring (bicyclic) bond motifs is 2. The van der Waals surface area contributed by atoms with Crippen LogP contribution in [0.2, 0.25) is 0 Å². The van der Waals surface area contributed by atoms with Crippen molar-refractivity contribution in [3.8, 4) is 22.0 Å². The van der Waals surface area contributed by atoms with E-state index in [1.54, 1.807) is 11.3 Å². The molecule has 6 heterocycles. The van der Waals surface area contributed by atoms with Crippen LogP contribution >= 0.6 is 11.3 Å². The van der Waals surface area contributed by atoms with E-state index in [1.165, 1.54) is 0 Å². The number of aromatic amines is 2. The zero-order chi connectivity index (χ0) is 19.2. The fraction of sp³-hybridized carbons (Fsp3) is 0.238. The number of imidazole rings is 1. The number of pyridine rings is 2. The number of rotatable bonds is 3. The van der Waals surface area contributed by atoms with Gasteiger partial charge in [-0.3, -0.25) is 15.1 Å². The van der Waals surface area contributed by atoms with Crippen LogP contribution in [0.4, 0.5) is 0 Å². The number of piperidine rings is 1. The average Bonchev–Trinajstić information content (AvgIpc) is 3.52. The molecule has 144 valence electrons. The zero-order valence-electron chi connectivity index (χ0n) is 15.6. The molecule has 0 amide bonds. The topological polar surface area (TPSA) is 95.2 Å². The summed E-state index contributed by atoms with van der Waals surface area (Å²) in [5.41, 5.74) is 5.76. The van der Waals surface area contributed by atoms with E-state index in [1.807, 2.05) is 24.7 Å². The SMILES string of the molecule is c1csc(-c2cncc3[nH]c(-c4n[nH]c5cnc(C6CCNCC6)cc45)nc23)c1.